The van der Waals surface area contributed by atoms with Gasteiger partial charge in [0.15, 0.2) is 0 Å². The lowest BCUT2D eigenvalue weighted by Crippen LogP contribution is -1.98. The first-order chi connectivity index (χ1) is 6.31. The van der Waals surface area contributed by atoms with Crippen LogP contribution in [0, 0.1) is 0 Å². The quantitative estimate of drug-likeness (QED) is 0.737. The van der Waals surface area contributed by atoms with Crippen molar-refractivity contribution in [1.29, 1.82) is 0 Å². The highest BCUT2D eigenvalue weighted by atomic mass is 35.5. The summed E-state index contributed by atoms with van der Waals surface area (Å²) in [6.07, 6.45) is 1.06. The predicted molar refractivity (Wildman–Crippen MR) is 52.8 cm³/mol. The van der Waals surface area contributed by atoms with Gasteiger partial charge in [0.1, 0.15) is 5.52 Å². The van der Waals surface area contributed by atoms with Gasteiger partial charge >= 0.3 is 0 Å². The number of nitrogens with zero attached hydrogens (tertiary/aromatic N) is 3. The number of aryl methyl sites for hydroxylation is 1. The molecular formula is C9H10ClN3. The first-order valence-electron chi connectivity index (χ1n) is 4.30. The molecule has 0 saturated heterocycles. The first-order valence-corrected chi connectivity index (χ1v) is 4.68. The summed E-state index contributed by atoms with van der Waals surface area (Å²) in [7, 11) is 0. The molecule has 0 saturated carbocycles. The zero-order chi connectivity index (χ0) is 9.26. The van der Waals surface area contributed by atoms with E-state index in [9.17, 15) is 0 Å². The minimum Gasteiger partial charge on any atom is -0.245 e. The van der Waals surface area contributed by atoms with E-state index >= 15 is 0 Å². The van der Waals surface area contributed by atoms with E-state index in [1.165, 1.54) is 0 Å². The molecule has 0 fully saturated rings. The summed E-state index contributed by atoms with van der Waals surface area (Å²) in [6, 6.07) is 5.64. The highest BCUT2D eigenvalue weighted by molar-refractivity contribution is 6.31. The maximum absolute atomic E-state index is 5.83. The first kappa shape index (κ1) is 8.51. The van der Waals surface area contributed by atoms with Crippen molar-refractivity contribution in [2.45, 2.75) is 19.9 Å². The van der Waals surface area contributed by atoms with Crippen molar-refractivity contribution >= 4 is 22.6 Å². The SMILES string of the molecule is CCCn1nnc2cc(Cl)ccc21. The molecule has 0 spiro atoms. The van der Waals surface area contributed by atoms with Gasteiger partial charge in [-0.2, -0.15) is 0 Å². The topological polar surface area (TPSA) is 30.7 Å². The molecular weight excluding hydrogens is 186 g/mol. The summed E-state index contributed by atoms with van der Waals surface area (Å²) in [6.45, 7) is 3.02. The number of benzene rings is 1. The number of aromatic nitrogens is 3. The maximum Gasteiger partial charge on any atom is 0.114 e. The maximum atomic E-state index is 5.83. The lowest BCUT2D eigenvalue weighted by atomic mass is 10.3. The second-order valence-electron chi connectivity index (χ2n) is 2.95. The van der Waals surface area contributed by atoms with E-state index in [2.05, 4.69) is 17.2 Å². The fraction of sp³-hybridized carbons (Fsp3) is 0.333. The molecule has 0 amide bonds. The van der Waals surface area contributed by atoms with Crippen molar-refractivity contribution in [1.82, 2.24) is 15.0 Å². The molecule has 1 aromatic heterocycles. The van der Waals surface area contributed by atoms with Gasteiger partial charge in [0.2, 0.25) is 0 Å². The van der Waals surface area contributed by atoms with E-state index in [-0.39, 0.29) is 0 Å². The minimum absolute atomic E-state index is 0.705. The van der Waals surface area contributed by atoms with E-state index in [1.807, 2.05) is 22.9 Å². The van der Waals surface area contributed by atoms with Crippen LogP contribution in [0.4, 0.5) is 0 Å². The molecule has 3 nitrogen and oxygen atoms in total. The van der Waals surface area contributed by atoms with Crippen molar-refractivity contribution < 1.29 is 0 Å². The zero-order valence-corrected chi connectivity index (χ0v) is 8.12. The molecule has 0 atom stereocenters. The normalized spacial score (nSPS) is 10.9. The van der Waals surface area contributed by atoms with Crippen LogP contribution in [0.5, 0.6) is 0 Å². The summed E-state index contributed by atoms with van der Waals surface area (Å²) >= 11 is 5.83. The molecule has 2 rings (SSSR count). The van der Waals surface area contributed by atoms with Crippen LogP contribution in [-0.4, -0.2) is 15.0 Å². The Labute approximate surface area is 81.3 Å². The molecule has 1 heterocycles. The van der Waals surface area contributed by atoms with Crippen LogP contribution in [-0.2, 0) is 6.54 Å². The number of hydrogen-bond donors (Lipinski definition) is 0. The fourth-order valence-corrected chi connectivity index (χ4v) is 1.49. The molecule has 0 aliphatic heterocycles. The van der Waals surface area contributed by atoms with Crippen LogP contribution in [0.1, 0.15) is 13.3 Å². The molecule has 1 aromatic carbocycles. The molecule has 0 N–H and O–H groups in total. The minimum atomic E-state index is 0.705. The van der Waals surface area contributed by atoms with Crippen molar-refractivity contribution in [2.75, 3.05) is 0 Å². The number of hydrogen-bond acceptors (Lipinski definition) is 2. The second-order valence-corrected chi connectivity index (χ2v) is 3.38. The van der Waals surface area contributed by atoms with Crippen LogP contribution in [0.25, 0.3) is 11.0 Å². The molecule has 4 heteroatoms. The van der Waals surface area contributed by atoms with E-state index in [1.54, 1.807) is 0 Å². The molecule has 0 radical (unpaired) electrons. The van der Waals surface area contributed by atoms with Gasteiger partial charge < -0.3 is 0 Å². The molecule has 68 valence electrons. The monoisotopic (exact) mass is 195 g/mol. The van der Waals surface area contributed by atoms with Crippen molar-refractivity contribution in [2.24, 2.45) is 0 Å². The van der Waals surface area contributed by atoms with Gasteiger partial charge in [0, 0.05) is 11.6 Å². The van der Waals surface area contributed by atoms with Gasteiger partial charge in [-0.05, 0) is 24.6 Å². The molecule has 13 heavy (non-hydrogen) atoms. The van der Waals surface area contributed by atoms with E-state index in [0.29, 0.717) is 5.02 Å². The number of halogens is 1. The third kappa shape index (κ3) is 1.52. The van der Waals surface area contributed by atoms with Crippen LogP contribution in [0.3, 0.4) is 0 Å². The Morgan fingerprint density at radius 2 is 2.31 bits per heavy atom. The summed E-state index contributed by atoms with van der Waals surface area (Å²) in [5.74, 6) is 0. The smallest absolute Gasteiger partial charge is 0.114 e. The van der Waals surface area contributed by atoms with Gasteiger partial charge in [0.05, 0.1) is 5.52 Å². The van der Waals surface area contributed by atoms with Crippen LogP contribution in [0.2, 0.25) is 5.02 Å². The Morgan fingerprint density at radius 1 is 1.46 bits per heavy atom. The average molecular weight is 196 g/mol. The van der Waals surface area contributed by atoms with Crippen LogP contribution in [0.15, 0.2) is 18.2 Å². The van der Waals surface area contributed by atoms with Gasteiger partial charge in [-0.25, -0.2) is 4.68 Å². The molecule has 0 bridgehead atoms. The van der Waals surface area contributed by atoms with Crippen molar-refractivity contribution in [3.63, 3.8) is 0 Å². The fourth-order valence-electron chi connectivity index (χ4n) is 1.32. The third-order valence-corrected chi connectivity index (χ3v) is 2.15. The molecule has 2 aromatic rings. The predicted octanol–water partition coefficient (Wildman–Crippen LogP) is 2.49. The lowest BCUT2D eigenvalue weighted by Gasteiger charge is -1.97. The molecule has 0 aliphatic carbocycles. The Balaban J connectivity index is 2.55. The summed E-state index contributed by atoms with van der Waals surface area (Å²) in [4.78, 5) is 0. The van der Waals surface area contributed by atoms with Crippen LogP contribution >= 0.6 is 11.6 Å². The van der Waals surface area contributed by atoms with Gasteiger partial charge in [-0.1, -0.05) is 23.7 Å². The Morgan fingerprint density at radius 3 is 3.08 bits per heavy atom. The third-order valence-electron chi connectivity index (χ3n) is 1.91. The second kappa shape index (κ2) is 3.34. The van der Waals surface area contributed by atoms with Gasteiger partial charge in [-0.3, -0.25) is 0 Å². The largest absolute Gasteiger partial charge is 0.245 e. The highest BCUT2D eigenvalue weighted by Gasteiger charge is 2.02. The summed E-state index contributed by atoms with van der Waals surface area (Å²) in [5.41, 5.74) is 1.91. The Hall–Kier alpha value is -1.09. The summed E-state index contributed by atoms with van der Waals surface area (Å²) < 4.78 is 1.89. The van der Waals surface area contributed by atoms with Crippen molar-refractivity contribution in [3.05, 3.63) is 23.2 Å². The van der Waals surface area contributed by atoms with E-state index in [0.717, 1.165) is 24.0 Å². The molecule has 0 aliphatic rings. The van der Waals surface area contributed by atoms with Crippen LogP contribution < -0.4 is 0 Å². The molecule has 0 unspecified atom stereocenters. The standard InChI is InChI=1S/C9H10ClN3/c1-2-5-13-9-4-3-7(10)6-8(9)11-12-13/h3-4,6H,2,5H2,1H3. The van der Waals surface area contributed by atoms with Gasteiger partial charge in [-0.15, -0.1) is 5.10 Å². The number of rotatable bonds is 2. The van der Waals surface area contributed by atoms with Crippen molar-refractivity contribution in [3.8, 4) is 0 Å². The van der Waals surface area contributed by atoms with E-state index < -0.39 is 0 Å². The van der Waals surface area contributed by atoms with E-state index in [4.69, 9.17) is 11.6 Å². The Bertz CT molecular complexity index is 422. The average Bonchev–Trinajstić information content (AvgIpc) is 2.49. The number of fused-ring (bicyclic) bond motifs is 1. The Kier molecular flexibility index (Phi) is 2.19. The summed E-state index contributed by atoms with van der Waals surface area (Å²) in [5, 5.41) is 8.77. The zero-order valence-electron chi connectivity index (χ0n) is 7.37. The highest BCUT2D eigenvalue weighted by Crippen LogP contribution is 2.16. The van der Waals surface area contributed by atoms with Gasteiger partial charge in [0.25, 0.3) is 0 Å². The lowest BCUT2D eigenvalue weighted by molar-refractivity contribution is 0.596.